The zero-order valence-corrected chi connectivity index (χ0v) is 7.80. The first kappa shape index (κ1) is 8.52. The summed E-state index contributed by atoms with van der Waals surface area (Å²) in [6.07, 6.45) is 5.87. The fraction of sp³-hybridized carbons (Fsp3) is 1.00. The largest absolute Gasteiger partial charge is 0.379 e. The van der Waals surface area contributed by atoms with E-state index in [9.17, 15) is 0 Å². The van der Waals surface area contributed by atoms with Gasteiger partial charge in [-0.25, -0.2) is 0 Å². The lowest BCUT2D eigenvalue weighted by Gasteiger charge is -2.28. The molecule has 1 aliphatic carbocycles. The molecule has 0 unspecified atom stereocenters. The number of hydrogen-bond acceptors (Lipinski definition) is 2. The topological polar surface area (TPSA) is 12.5 Å². The van der Waals surface area contributed by atoms with Gasteiger partial charge in [0.2, 0.25) is 0 Å². The summed E-state index contributed by atoms with van der Waals surface area (Å²) in [6, 6.07) is 0. The summed E-state index contributed by atoms with van der Waals surface area (Å²) in [4.78, 5) is 2.57. The van der Waals surface area contributed by atoms with Gasteiger partial charge in [0.1, 0.15) is 0 Å². The first-order chi connectivity index (χ1) is 5.95. The standard InChI is InChI=1S/C10H19NO/c1-2-4-10(3-1)9-11-5-7-12-8-6-11/h10H,1-9H2. The van der Waals surface area contributed by atoms with Crippen molar-refractivity contribution in [3.05, 3.63) is 0 Å². The van der Waals surface area contributed by atoms with Crippen LogP contribution in [0.5, 0.6) is 0 Å². The Morgan fingerprint density at radius 1 is 1.08 bits per heavy atom. The molecule has 2 aliphatic rings. The van der Waals surface area contributed by atoms with Crippen molar-refractivity contribution in [2.75, 3.05) is 32.8 Å². The molecular weight excluding hydrogens is 150 g/mol. The number of morpholine rings is 1. The van der Waals surface area contributed by atoms with Crippen molar-refractivity contribution < 1.29 is 4.74 Å². The number of rotatable bonds is 2. The number of hydrogen-bond donors (Lipinski definition) is 0. The van der Waals surface area contributed by atoms with Crippen LogP contribution >= 0.6 is 0 Å². The summed E-state index contributed by atoms with van der Waals surface area (Å²) in [5.74, 6) is 1.00. The average Bonchev–Trinajstić information content (AvgIpc) is 2.59. The molecule has 2 rings (SSSR count). The molecule has 0 bridgehead atoms. The minimum atomic E-state index is 0.951. The lowest BCUT2D eigenvalue weighted by molar-refractivity contribution is 0.0311. The van der Waals surface area contributed by atoms with Gasteiger partial charge in [0, 0.05) is 19.6 Å². The van der Waals surface area contributed by atoms with Crippen molar-refractivity contribution >= 4 is 0 Å². The Bertz CT molecular complexity index is 126. The van der Waals surface area contributed by atoms with E-state index in [4.69, 9.17) is 4.74 Å². The second kappa shape index (κ2) is 4.24. The van der Waals surface area contributed by atoms with Crippen molar-refractivity contribution in [1.82, 2.24) is 4.90 Å². The van der Waals surface area contributed by atoms with E-state index in [-0.39, 0.29) is 0 Å². The second-order valence-corrected chi connectivity index (χ2v) is 4.06. The highest BCUT2D eigenvalue weighted by Crippen LogP contribution is 2.25. The van der Waals surface area contributed by atoms with E-state index in [1.165, 1.54) is 32.2 Å². The van der Waals surface area contributed by atoms with Crippen LogP contribution in [0.25, 0.3) is 0 Å². The molecular formula is C10H19NO. The summed E-state index contributed by atoms with van der Waals surface area (Å²) in [5.41, 5.74) is 0. The van der Waals surface area contributed by atoms with Crippen molar-refractivity contribution in [2.45, 2.75) is 25.7 Å². The summed E-state index contributed by atoms with van der Waals surface area (Å²) in [6.45, 7) is 5.57. The molecule has 12 heavy (non-hydrogen) atoms. The molecule has 2 fully saturated rings. The maximum atomic E-state index is 5.32. The molecule has 0 spiro atoms. The maximum absolute atomic E-state index is 5.32. The van der Waals surface area contributed by atoms with Gasteiger partial charge < -0.3 is 4.74 Å². The van der Waals surface area contributed by atoms with Gasteiger partial charge >= 0.3 is 0 Å². The van der Waals surface area contributed by atoms with Gasteiger partial charge in [0.25, 0.3) is 0 Å². The smallest absolute Gasteiger partial charge is 0.0594 e. The monoisotopic (exact) mass is 169 g/mol. The van der Waals surface area contributed by atoms with Crippen molar-refractivity contribution in [3.63, 3.8) is 0 Å². The van der Waals surface area contributed by atoms with Crippen LogP contribution < -0.4 is 0 Å². The second-order valence-electron chi connectivity index (χ2n) is 4.06. The van der Waals surface area contributed by atoms with E-state index >= 15 is 0 Å². The van der Waals surface area contributed by atoms with Crippen LogP contribution in [0.15, 0.2) is 0 Å². The van der Waals surface area contributed by atoms with Gasteiger partial charge in [-0.2, -0.15) is 0 Å². The van der Waals surface area contributed by atoms with E-state index in [1.807, 2.05) is 0 Å². The zero-order chi connectivity index (χ0) is 8.23. The first-order valence-corrected chi connectivity index (χ1v) is 5.25. The highest BCUT2D eigenvalue weighted by molar-refractivity contribution is 4.72. The fourth-order valence-electron chi connectivity index (χ4n) is 2.34. The van der Waals surface area contributed by atoms with Gasteiger partial charge in [0.15, 0.2) is 0 Å². The van der Waals surface area contributed by atoms with Gasteiger partial charge in [-0.3, -0.25) is 4.90 Å². The van der Waals surface area contributed by atoms with Crippen LogP contribution in [0.2, 0.25) is 0 Å². The summed E-state index contributed by atoms with van der Waals surface area (Å²) < 4.78 is 5.32. The maximum Gasteiger partial charge on any atom is 0.0594 e. The van der Waals surface area contributed by atoms with Crippen LogP contribution in [-0.2, 0) is 4.74 Å². The highest BCUT2D eigenvalue weighted by atomic mass is 16.5. The van der Waals surface area contributed by atoms with E-state index in [1.54, 1.807) is 0 Å². The lowest BCUT2D eigenvalue weighted by atomic mass is 10.1. The normalized spacial score (nSPS) is 28.0. The Morgan fingerprint density at radius 3 is 2.42 bits per heavy atom. The lowest BCUT2D eigenvalue weighted by Crippen LogP contribution is -2.38. The van der Waals surface area contributed by atoms with Gasteiger partial charge in [-0.05, 0) is 18.8 Å². The van der Waals surface area contributed by atoms with Crippen molar-refractivity contribution in [3.8, 4) is 0 Å². The van der Waals surface area contributed by atoms with Crippen LogP contribution in [0.3, 0.4) is 0 Å². The Kier molecular flexibility index (Phi) is 3.01. The Balaban J connectivity index is 1.69. The molecule has 0 amide bonds. The SMILES string of the molecule is C1CCC(CN2CCOCC2)C1. The van der Waals surface area contributed by atoms with E-state index in [0.717, 1.165) is 32.2 Å². The third-order valence-electron chi connectivity index (χ3n) is 3.09. The van der Waals surface area contributed by atoms with Crippen molar-refractivity contribution in [2.24, 2.45) is 5.92 Å². The number of ether oxygens (including phenoxy) is 1. The van der Waals surface area contributed by atoms with E-state index in [0.29, 0.717) is 0 Å². The van der Waals surface area contributed by atoms with Crippen LogP contribution in [0, 0.1) is 5.92 Å². The van der Waals surface area contributed by atoms with Gasteiger partial charge in [-0.15, -0.1) is 0 Å². The minimum absolute atomic E-state index is 0.951. The third kappa shape index (κ3) is 2.20. The summed E-state index contributed by atoms with van der Waals surface area (Å²) >= 11 is 0. The summed E-state index contributed by atoms with van der Waals surface area (Å²) in [7, 11) is 0. The van der Waals surface area contributed by atoms with Crippen LogP contribution in [0.1, 0.15) is 25.7 Å². The molecule has 2 nitrogen and oxygen atoms in total. The van der Waals surface area contributed by atoms with Crippen molar-refractivity contribution in [1.29, 1.82) is 0 Å². The minimum Gasteiger partial charge on any atom is -0.379 e. The predicted octanol–water partition coefficient (Wildman–Crippen LogP) is 1.51. The predicted molar refractivity (Wildman–Crippen MR) is 49.2 cm³/mol. The molecule has 1 saturated heterocycles. The quantitative estimate of drug-likeness (QED) is 0.621. The molecule has 0 atom stereocenters. The fourth-order valence-corrected chi connectivity index (χ4v) is 2.34. The molecule has 0 N–H and O–H groups in total. The van der Waals surface area contributed by atoms with Crippen LogP contribution in [0.4, 0.5) is 0 Å². The molecule has 0 aromatic rings. The molecule has 1 aliphatic heterocycles. The number of nitrogens with zero attached hydrogens (tertiary/aromatic N) is 1. The molecule has 1 heterocycles. The van der Waals surface area contributed by atoms with E-state index < -0.39 is 0 Å². The Labute approximate surface area is 74.9 Å². The third-order valence-corrected chi connectivity index (χ3v) is 3.09. The Morgan fingerprint density at radius 2 is 1.75 bits per heavy atom. The molecule has 1 saturated carbocycles. The average molecular weight is 169 g/mol. The van der Waals surface area contributed by atoms with Gasteiger partial charge in [-0.1, -0.05) is 12.8 Å². The first-order valence-electron chi connectivity index (χ1n) is 5.25. The summed E-state index contributed by atoms with van der Waals surface area (Å²) in [5, 5.41) is 0. The Hall–Kier alpha value is -0.0800. The molecule has 0 aromatic carbocycles. The van der Waals surface area contributed by atoms with Crippen LogP contribution in [-0.4, -0.2) is 37.7 Å². The molecule has 0 aromatic heterocycles. The van der Waals surface area contributed by atoms with E-state index in [2.05, 4.69) is 4.90 Å². The molecule has 70 valence electrons. The highest BCUT2D eigenvalue weighted by Gasteiger charge is 2.19. The molecule has 2 heteroatoms. The molecule has 0 radical (unpaired) electrons. The van der Waals surface area contributed by atoms with Gasteiger partial charge in [0.05, 0.1) is 13.2 Å². The zero-order valence-electron chi connectivity index (χ0n) is 7.80.